The minimum absolute atomic E-state index is 0.775. The first kappa shape index (κ1) is 19.1. The van der Waals surface area contributed by atoms with Crippen LogP contribution in [0.15, 0.2) is 65.1 Å². The molecule has 0 spiro atoms. The van der Waals surface area contributed by atoms with Gasteiger partial charge in [-0.05, 0) is 36.2 Å². The van der Waals surface area contributed by atoms with Crippen molar-refractivity contribution in [3.05, 3.63) is 65.5 Å². The predicted molar refractivity (Wildman–Crippen MR) is 115 cm³/mol. The molecule has 5 heteroatoms. The molecule has 0 saturated carbocycles. The molecule has 0 aliphatic carbocycles. The summed E-state index contributed by atoms with van der Waals surface area (Å²) in [6.07, 6.45) is 6.65. The van der Waals surface area contributed by atoms with Gasteiger partial charge >= 0.3 is 0 Å². The van der Waals surface area contributed by atoms with Gasteiger partial charge in [-0.2, -0.15) is 5.10 Å². The first-order valence-electron chi connectivity index (χ1n) is 9.38. The Balaban J connectivity index is 1.46. The topological polar surface area (TPSA) is 46.5 Å². The quantitative estimate of drug-likeness (QED) is 0.258. The summed E-state index contributed by atoms with van der Waals surface area (Å²) in [7, 11) is 0. The fourth-order valence-corrected chi connectivity index (χ4v) is 3.27. The Morgan fingerprint density at radius 2 is 1.85 bits per heavy atom. The van der Waals surface area contributed by atoms with E-state index in [1.807, 2.05) is 47.8 Å². The number of hydrogen-bond donors (Lipinski definition) is 1. The minimum atomic E-state index is 0.775. The average molecular weight is 380 g/mol. The van der Waals surface area contributed by atoms with Gasteiger partial charge in [0.2, 0.25) is 5.13 Å². The molecule has 4 nitrogen and oxygen atoms in total. The summed E-state index contributed by atoms with van der Waals surface area (Å²) in [6, 6.07) is 18.1. The van der Waals surface area contributed by atoms with Gasteiger partial charge in [0.1, 0.15) is 5.75 Å². The molecule has 140 valence electrons. The van der Waals surface area contributed by atoms with E-state index in [1.165, 1.54) is 19.3 Å². The summed E-state index contributed by atoms with van der Waals surface area (Å²) in [4.78, 5) is 4.55. The Bertz CT molecular complexity index is 828. The van der Waals surface area contributed by atoms with Crippen LogP contribution in [0.3, 0.4) is 0 Å². The Hall–Kier alpha value is -2.66. The van der Waals surface area contributed by atoms with Crippen molar-refractivity contribution in [2.45, 2.75) is 32.6 Å². The number of ether oxygens (including phenoxy) is 1. The monoisotopic (exact) mass is 379 g/mol. The van der Waals surface area contributed by atoms with Crippen LogP contribution in [0, 0.1) is 0 Å². The number of benzene rings is 2. The first-order valence-corrected chi connectivity index (χ1v) is 10.3. The number of nitrogens with zero attached hydrogens (tertiary/aromatic N) is 2. The lowest BCUT2D eigenvalue weighted by atomic mass is 10.2. The van der Waals surface area contributed by atoms with Gasteiger partial charge in [-0.25, -0.2) is 4.98 Å². The van der Waals surface area contributed by atoms with Crippen LogP contribution in [0.4, 0.5) is 5.13 Å². The summed E-state index contributed by atoms with van der Waals surface area (Å²) >= 11 is 1.54. The molecule has 0 unspecified atom stereocenters. The number of anilines is 1. The van der Waals surface area contributed by atoms with Crippen LogP contribution in [0.5, 0.6) is 5.75 Å². The highest BCUT2D eigenvalue weighted by Crippen LogP contribution is 2.24. The lowest BCUT2D eigenvalue weighted by Crippen LogP contribution is -1.97. The normalized spacial score (nSPS) is 11.0. The SMILES string of the molecule is CCCCCCOc1ccc(C=NNc2nc(-c3ccccc3)cs2)cc1. The third kappa shape index (κ3) is 6.22. The molecule has 1 aromatic heterocycles. The molecule has 0 aliphatic rings. The van der Waals surface area contributed by atoms with Crippen molar-refractivity contribution in [3.63, 3.8) is 0 Å². The van der Waals surface area contributed by atoms with E-state index in [4.69, 9.17) is 4.74 Å². The lowest BCUT2D eigenvalue weighted by molar-refractivity contribution is 0.305. The molecular formula is C22H25N3OS. The van der Waals surface area contributed by atoms with Crippen LogP contribution in [0.1, 0.15) is 38.2 Å². The van der Waals surface area contributed by atoms with Crippen molar-refractivity contribution in [1.29, 1.82) is 0 Å². The zero-order valence-electron chi connectivity index (χ0n) is 15.6. The molecule has 3 aromatic rings. The zero-order chi connectivity index (χ0) is 18.7. The van der Waals surface area contributed by atoms with Gasteiger partial charge in [-0.15, -0.1) is 11.3 Å². The minimum Gasteiger partial charge on any atom is -0.494 e. The summed E-state index contributed by atoms with van der Waals surface area (Å²) in [5.41, 5.74) is 6.08. The number of unbranched alkanes of at least 4 members (excludes halogenated alkanes) is 3. The van der Waals surface area contributed by atoms with Crippen LogP contribution in [-0.2, 0) is 0 Å². The highest BCUT2D eigenvalue weighted by molar-refractivity contribution is 7.14. The van der Waals surface area contributed by atoms with Crippen LogP contribution >= 0.6 is 11.3 Å². The van der Waals surface area contributed by atoms with E-state index in [2.05, 4.69) is 34.6 Å². The van der Waals surface area contributed by atoms with E-state index in [9.17, 15) is 0 Å². The second kappa shape index (κ2) is 10.5. The highest BCUT2D eigenvalue weighted by atomic mass is 32.1. The summed E-state index contributed by atoms with van der Waals surface area (Å²) < 4.78 is 5.76. The summed E-state index contributed by atoms with van der Waals surface area (Å²) in [5.74, 6) is 0.907. The molecule has 0 atom stereocenters. The molecule has 1 heterocycles. The van der Waals surface area contributed by atoms with Crippen LogP contribution in [0.2, 0.25) is 0 Å². The predicted octanol–water partition coefficient (Wildman–Crippen LogP) is 6.22. The first-order chi connectivity index (χ1) is 13.3. The van der Waals surface area contributed by atoms with Crippen LogP contribution in [0.25, 0.3) is 11.3 Å². The average Bonchev–Trinajstić information content (AvgIpc) is 3.19. The van der Waals surface area contributed by atoms with Crippen molar-refractivity contribution in [2.24, 2.45) is 5.10 Å². The van der Waals surface area contributed by atoms with Crippen molar-refractivity contribution >= 4 is 22.7 Å². The van der Waals surface area contributed by atoms with Crippen molar-refractivity contribution in [3.8, 4) is 17.0 Å². The van der Waals surface area contributed by atoms with Crippen LogP contribution in [-0.4, -0.2) is 17.8 Å². The number of thiazole rings is 1. The summed E-state index contributed by atoms with van der Waals surface area (Å²) in [5, 5.41) is 7.08. The van der Waals surface area contributed by atoms with Crippen molar-refractivity contribution in [2.75, 3.05) is 12.0 Å². The van der Waals surface area contributed by atoms with E-state index in [1.54, 1.807) is 17.6 Å². The maximum Gasteiger partial charge on any atom is 0.203 e. The summed E-state index contributed by atoms with van der Waals surface area (Å²) in [6.45, 7) is 3.00. The molecule has 1 N–H and O–H groups in total. The number of rotatable bonds is 10. The molecule has 0 bridgehead atoms. The Morgan fingerprint density at radius 1 is 1.04 bits per heavy atom. The van der Waals surface area contributed by atoms with Gasteiger partial charge in [0.15, 0.2) is 0 Å². The molecule has 0 radical (unpaired) electrons. The molecular weight excluding hydrogens is 354 g/mol. The fourth-order valence-electron chi connectivity index (χ4n) is 2.60. The molecule has 3 rings (SSSR count). The van der Waals surface area contributed by atoms with Gasteiger partial charge in [0.25, 0.3) is 0 Å². The van der Waals surface area contributed by atoms with Crippen molar-refractivity contribution < 1.29 is 4.74 Å². The van der Waals surface area contributed by atoms with E-state index in [-0.39, 0.29) is 0 Å². The third-order valence-electron chi connectivity index (χ3n) is 4.09. The molecule has 27 heavy (non-hydrogen) atoms. The van der Waals surface area contributed by atoms with E-state index >= 15 is 0 Å². The Labute approximate surface area is 164 Å². The van der Waals surface area contributed by atoms with E-state index in [0.29, 0.717) is 0 Å². The molecule has 0 saturated heterocycles. The Kier molecular flexibility index (Phi) is 7.42. The standard InChI is InChI=1S/C22H25N3OS/c1-2-3-4-8-15-26-20-13-11-18(12-14-20)16-23-25-22-24-21(17-27-22)19-9-6-5-7-10-19/h5-7,9-14,16-17H,2-4,8,15H2,1H3,(H,24,25). The van der Waals surface area contributed by atoms with Gasteiger partial charge in [-0.1, -0.05) is 56.5 Å². The van der Waals surface area contributed by atoms with Gasteiger partial charge < -0.3 is 4.74 Å². The second-order valence-corrected chi connectivity index (χ2v) is 7.11. The Morgan fingerprint density at radius 3 is 2.63 bits per heavy atom. The largest absolute Gasteiger partial charge is 0.494 e. The number of aromatic nitrogens is 1. The number of hydrazone groups is 1. The van der Waals surface area contributed by atoms with Crippen molar-refractivity contribution in [1.82, 2.24) is 4.98 Å². The molecule has 0 amide bonds. The number of nitrogens with one attached hydrogen (secondary N) is 1. The zero-order valence-corrected chi connectivity index (χ0v) is 16.4. The van der Waals surface area contributed by atoms with Crippen LogP contribution < -0.4 is 10.2 Å². The smallest absolute Gasteiger partial charge is 0.203 e. The van der Waals surface area contributed by atoms with E-state index in [0.717, 1.165) is 40.7 Å². The highest BCUT2D eigenvalue weighted by Gasteiger charge is 2.02. The maximum absolute atomic E-state index is 5.76. The maximum atomic E-state index is 5.76. The molecule has 2 aromatic carbocycles. The number of hydrogen-bond acceptors (Lipinski definition) is 5. The molecule has 0 fully saturated rings. The lowest BCUT2D eigenvalue weighted by Gasteiger charge is -2.05. The van der Waals surface area contributed by atoms with Gasteiger partial charge in [0, 0.05) is 10.9 Å². The van der Waals surface area contributed by atoms with E-state index < -0.39 is 0 Å². The molecule has 0 aliphatic heterocycles. The third-order valence-corrected chi connectivity index (χ3v) is 4.84. The second-order valence-electron chi connectivity index (χ2n) is 6.25. The van der Waals surface area contributed by atoms with Gasteiger partial charge in [0.05, 0.1) is 18.5 Å². The van der Waals surface area contributed by atoms with Gasteiger partial charge in [-0.3, -0.25) is 5.43 Å². The fraction of sp³-hybridized carbons (Fsp3) is 0.273.